The van der Waals surface area contributed by atoms with Crippen LogP contribution in [0.3, 0.4) is 0 Å². The molecule has 0 fully saturated rings. The Morgan fingerprint density at radius 1 is 0.742 bits per heavy atom. The van der Waals surface area contributed by atoms with Gasteiger partial charge in [-0.1, -0.05) is 12.1 Å². The number of nitro benzene ring substituents is 1. The van der Waals surface area contributed by atoms with Gasteiger partial charge in [0.15, 0.2) is 0 Å². The van der Waals surface area contributed by atoms with Crippen LogP contribution in [0.25, 0.3) is 22.8 Å². The van der Waals surface area contributed by atoms with Gasteiger partial charge in [-0.25, -0.2) is 9.78 Å². The lowest BCUT2D eigenvalue weighted by atomic mass is 10.1. The number of non-ortho nitro benzene ring substituents is 1. The molecule has 3 heterocycles. The molecule has 0 spiro atoms. The minimum Gasteiger partial charge on any atom is -0.308 e. The Bertz CT molecular complexity index is 1160. The van der Waals surface area contributed by atoms with Gasteiger partial charge in [0.05, 0.1) is 27.7 Å². The van der Waals surface area contributed by atoms with Crippen molar-refractivity contribution in [3.63, 3.8) is 0 Å². The molecule has 1 aromatic carbocycles. The second-order valence-electron chi connectivity index (χ2n) is 6.44. The number of nitro groups is 1. The summed E-state index contributed by atoms with van der Waals surface area (Å²) in [6.45, 7) is 0. The van der Waals surface area contributed by atoms with E-state index in [1.54, 1.807) is 24.5 Å². The van der Waals surface area contributed by atoms with Gasteiger partial charge in [0.1, 0.15) is 0 Å². The lowest BCUT2D eigenvalue weighted by Gasteiger charge is -2.11. The molecule has 0 aliphatic heterocycles. The van der Waals surface area contributed by atoms with E-state index < -0.39 is 11.0 Å². The third-order valence-electron chi connectivity index (χ3n) is 4.27. The summed E-state index contributed by atoms with van der Waals surface area (Å²) in [4.78, 5) is 36.0. The summed E-state index contributed by atoms with van der Waals surface area (Å²) in [5.41, 5.74) is 3.32. The normalized spacial score (nSPS) is 10.3. The van der Waals surface area contributed by atoms with E-state index in [1.807, 2.05) is 36.4 Å². The van der Waals surface area contributed by atoms with Crippen molar-refractivity contribution in [3.05, 3.63) is 95.3 Å². The maximum Gasteiger partial charge on any atom is 0.323 e. The van der Waals surface area contributed by atoms with Gasteiger partial charge < -0.3 is 10.6 Å². The molecular formula is C22H16N6O3. The number of nitrogens with one attached hydrogen (secondary N) is 2. The van der Waals surface area contributed by atoms with Crippen LogP contribution in [0.1, 0.15) is 0 Å². The van der Waals surface area contributed by atoms with Gasteiger partial charge in [0.25, 0.3) is 5.69 Å². The molecule has 0 saturated carbocycles. The molecule has 3 aromatic heterocycles. The number of benzene rings is 1. The van der Waals surface area contributed by atoms with Crippen molar-refractivity contribution in [2.75, 3.05) is 10.6 Å². The monoisotopic (exact) mass is 412 g/mol. The third kappa shape index (κ3) is 4.85. The van der Waals surface area contributed by atoms with Gasteiger partial charge in [-0.15, -0.1) is 0 Å². The lowest BCUT2D eigenvalue weighted by molar-refractivity contribution is -0.384. The molecule has 4 rings (SSSR count). The summed E-state index contributed by atoms with van der Waals surface area (Å²) in [6, 6.07) is 19.5. The highest BCUT2D eigenvalue weighted by Gasteiger charge is 2.11. The van der Waals surface area contributed by atoms with Crippen LogP contribution in [0.5, 0.6) is 0 Å². The Kier molecular flexibility index (Phi) is 5.57. The molecular weight excluding hydrogens is 396 g/mol. The Hall–Kier alpha value is -4.66. The predicted molar refractivity (Wildman–Crippen MR) is 116 cm³/mol. The molecule has 0 atom stereocenters. The summed E-state index contributed by atoms with van der Waals surface area (Å²) in [6.07, 6.45) is 3.33. The number of pyridine rings is 3. The fourth-order valence-corrected chi connectivity index (χ4v) is 2.85. The zero-order chi connectivity index (χ0) is 21.6. The van der Waals surface area contributed by atoms with Crippen LogP contribution < -0.4 is 10.6 Å². The average molecular weight is 412 g/mol. The minimum atomic E-state index is -0.501. The van der Waals surface area contributed by atoms with E-state index in [0.29, 0.717) is 34.2 Å². The average Bonchev–Trinajstić information content (AvgIpc) is 2.80. The lowest BCUT2D eigenvalue weighted by Crippen LogP contribution is -2.19. The van der Waals surface area contributed by atoms with E-state index >= 15 is 0 Å². The number of anilines is 2. The first kappa shape index (κ1) is 19.6. The van der Waals surface area contributed by atoms with Gasteiger partial charge in [0, 0.05) is 35.9 Å². The molecule has 2 N–H and O–H groups in total. The molecule has 0 radical (unpaired) electrons. The zero-order valence-corrected chi connectivity index (χ0v) is 16.1. The molecule has 152 valence electrons. The van der Waals surface area contributed by atoms with Crippen molar-refractivity contribution in [2.45, 2.75) is 0 Å². The van der Waals surface area contributed by atoms with E-state index in [4.69, 9.17) is 0 Å². The Morgan fingerprint density at radius 2 is 1.29 bits per heavy atom. The molecule has 0 saturated heterocycles. The number of aromatic nitrogens is 3. The molecule has 31 heavy (non-hydrogen) atoms. The van der Waals surface area contributed by atoms with Crippen LogP contribution in [0.4, 0.5) is 21.9 Å². The van der Waals surface area contributed by atoms with E-state index in [9.17, 15) is 14.9 Å². The highest BCUT2D eigenvalue weighted by Crippen LogP contribution is 2.25. The number of nitrogens with zero attached hydrogens (tertiary/aromatic N) is 4. The Labute approximate surface area is 177 Å². The second-order valence-corrected chi connectivity index (χ2v) is 6.44. The SMILES string of the molecule is O=C(Nc1ccc([N+](=O)[O-])cc1)Nc1cc(-c2ccccn2)nc(-c2ccccn2)c1. The molecule has 0 bridgehead atoms. The highest BCUT2D eigenvalue weighted by atomic mass is 16.6. The van der Waals surface area contributed by atoms with Crippen molar-refractivity contribution in [1.29, 1.82) is 0 Å². The smallest absolute Gasteiger partial charge is 0.308 e. The first-order chi connectivity index (χ1) is 15.1. The summed E-state index contributed by atoms with van der Waals surface area (Å²) >= 11 is 0. The van der Waals surface area contributed by atoms with Crippen LogP contribution in [0.2, 0.25) is 0 Å². The van der Waals surface area contributed by atoms with Crippen LogP contribution in [-0.2, 0) is 0 Å². The van der Waals surface area contributed by atoms with Crippen LogP contribution in [-0.4, -0.2) is 25.9 Å². The summed E-state index contributed by atoms with van der Waals surface area (Å²) < 4.78 is 0. The number of carbonyl (C=O) groups is 1. The van der Waals surface area contributed by atoms with Crippen molar-refractivity contribution < 1.29 is 9.72 Å². The maximum absolute atomic E-state index is 12.5. The Balaban J connectivity index is 1.60. The van der Waals surface area contributed by atoms with Gasteiger partial charge in [0.2, 0.25) is 0 Å². The molecule has 9 heteroatoms. The third-order valence-corrected chi connectivity index (χ3v) is 4.27. The summed E-state index contributed by atoms with van der Waals surface area (Å²) in [7, 11) is 0. The van der Waals surface area contributed by atoms with Crippen molar-refractivity contribution in [3.8, 4) is 22.8 Å². The largest absolute Gasteiger partial charge is 0.323 e. The van der Waals surface area contributed by atoms with Gasteiger partial charge in [-0.2, -0.15) is 0 Å². The number of rotatable bonds is 5. The molecule has 2 amide bonds. The van der Waals surface area contributed by atoms with Crippen LogP contribution >= 0.6 is 0 Å². The van der Waals surface area contributed by atoms with E-state index in [0.717, 1.165) is 0 Å². The second kappa shape index (κ2) is 8.78. The molecule has 9 nitrogen and oxygen atoms in total. The van der Waals surface area contributed by atoms with Crippen molar-refractivity contribution in [2.24, 2.45) is 0 Å². The van der Waals surface area contributed by atoms with Crippen LogP contribution in [0.15, 0.2) is 85.2 Å². The Morgan fingerprint density at radius 3 is 1.77 bits per heavy atom. The highest BCUT2D eigenvalue weighted by molar-refractivity contribution is 6.00. The quantitative estimate of drug-likeness (QED) is 0.360. The molecule has 0 aliphatic carbocycles. The first-order valence-electron chi connectivity index (χ1n) is 9.26. The van der Waals surface area contributed by atoms with Crippen molar-refractivity contribution >= 4 is 23.1 Å². The topological polar surface area (TPSA) is 123 Å². The van der Waals surface area contributed by atoms with Gasteiger partial charge in [-0.05, 0) is 48.5 Å². The van der Waals surface area contributed by atoms with Gasteiger partial charge in [-0.3, -0.25) is 20.1 Å². The van der Waals surface area contributed by atoms with E-state index in [-0.39, 0.29) is 5.69 Å². The first-order valence-corrected chi connectivity index (χ1v) is 9.26. The summed E-state index contributed by atoms with van der Waals surface area (Å²) in [5, 5.41) is 16.2. The summed E-state index contributed by atoms with van der Waals surface area (Å²) in [5.74, 6) is 0. The number of urea groups is 1. The van der Waals surface area contributed by atoms with E-state index in [2.05, 4.69) is 25.6 Å². The number of amides is 2. The van der Waals surface area contributed by atoms with Crippen molar-refractivity contribution in [1.82, 2.24) is 15.0 Å². The number of carbonyl (C=O) groups excluding carboxylic acids is 1. The molecule has 0 aliphatic rings. The number of hydrogen-bond acceptors (Lipinski definition) is 6. The fraction of sp³-hybridized carbons (Fsp3) is 0. The fourth-order valence-electron chi connectivity index (χ4n) is 2.85. The maximum atomic E-state index is 12.5. The number of hydrogen-bond donors (Lipinski definition) is 2. The van der Waals surface area contributed by atoms with Gasteiger partial charge >= 0.3 is 6.03 Å². The predicted octanol–water partition coefficient (Wildman–Crippen LogP) is 4.76. The standard InChI is InChI=1S/C22H16N6O3/c29-22(25-15-7-9-17(10-8-15)28(30)31)26-16-13-20(18-5-1-3-11-23-18)27-21(14-16)19-6-2-4-12-24-19/h1-14H,(H2,25,26,27,29). The van der Waals surface area contributed by atoms with Crippen LogP contribution in [0, 0.1) is 10.1 Å². The zero-order valence-electron chi connectivity index (χ0n) is 16.1. The van der Waals surface area contributed by atoms with E-state index in [1.165, 1.54) is 24.3 Å². The minimum absolute atomic E-state index is 0.0555. The molecule has 4 aromatic rings. The molecule has 0 unspecified atom stereocenters.